The highest BCUT2D eigenvalue weighted by Gasteiger charge is 2.28. The van der Waals surface area contributed by atoms with Crippen LogP contribution in [0.15, 0.2) is 23.7 Å². The Balaban J connectivity index is 1.67. The maximum Gasteiger partial charge on any atom is 0.265 e. The Kier molecular flexibility index (Phi) is 4.37. The molecule has 0 bridgehead atoms. The number of aliphatic hydroxyl groups excluding tert-OH is 1. The molecule has 1 aliphatic rings. The Morgan fingerprint density at radius 1 is 1.52 bits per heavy atom. The topological polar surface area (TPSA) is 53.4 Å². The van der Waals surface area contributed by atoms with E-state index in [9.17, 15) is 9.90 Å². The second kappa shape index (κ2) is 6.25. The number of aromatic nitrogens is 1. The third kappa shape index (κ3) is 3.17. The van der Waals surface area contributed by atoms with Crippen LogP contribution in [0, 0.1) is 5.92 Å². The first kappa shape index (κ1) is 14.7. The SMILES string of the molecule is CN(C[C@H]1CCC[C@H]1O)C(=O)c1cnc(-c2cccs2)s1. The van der Waals surface area contributed by atoms with E-state index in [1.54, 1.807) is 29.5 Å². The molecule has 6 heteroatoms. The lowest BCUT2D eigenvalue weighted by Crippen LogP contribution is -2.34. The van der Waals surface area contributed by atoms with E-state index in [0.717, 1.165) is 29.1 Å². The van der Waals surface area contributed by atoms with Crippen molar-refractivity contribution < 1.29 is 9.90 Å². The number of carbonyl (C=O) groups excluding carboxylic acids is 1. The predicted molar refractivity (Wildman–Crippen MR) is 85.7 cm³/mol. The highest BCUT2D eigenvalue weighted by molar-refractivity contribution is 7.21. The van der Waals surface area contributed by atoms with Crippen LogP contribution in [-0.4, -0.2) is 40.6 Å². The standard InChI is InChI=1S/C15H18N2O2S2/c1-17(9-10-4-2-5-11(10)18)15(19)13-8-16-14(21-13)12-6-3-7-20-12/h3,6-8,10-11,18H,2,4-5,9H2,1H3/t10-,11-/m1/s1. The van der Waals surface area contributed by atoms with Gasteiger partial charge in [-0.2, -0.15) is 0 Å². The zero-order valence-electron chi connectivity index (χ0n) is 11.9. The van der Waals surface area contributed by atoms with Gasteiger partial charge in [-0.25, -0.2) is 4.98 Å². The number of thiazole rings is 1. The number of carbonyl (C=O) groups is 1. The Bertz CT molecular complexity index is 609. The molecular weight excluding hydrogens is 304 g/mol. The number of thiophene rings is 1. The molecule has 1 saturated carbocycles. The summed E-state index contributed by atoms with van der Waals surface area (Å²) in [5, 5.41) is 12.8. The maximum absolute atomic E-state index is 12.4. The van der Waals surface area contributed by atoms with Crippen molar-refractivity contribution in [3.05, 3.63) is 28.6 Å². The number of nitrogens with zero attached hydrogens (tertiary/aromatic N) is 2. The van der Waals surface area contributed by atoms with Gasteiger partial charge in [0.05, 0.1) is 17.2 Å². The van der Waals surface area contributed by atoms with Gasteiger partial charge in [0.1, 0.15) is 9.88 Å². The third-order valence-corrected chi connectivity index (χ3v) is 5.95. The normalized spacial score (nSPS) is 21.6. The second-order valence-electron chi connectivity index (χ2n) is 5.45. The summed E-state index contributed by atoms with van der Waals surface area (Å²) in [5.74, 6) is 0.207. The van der Waals surface area contributed by atoms with Crippen LogP contribution in [0.2, 0.25) is 0 Å². The Labute approximate surface area is 132 Å². The first-order chi connectivity index (χ1) is 10.1. The fourth-order valence-corrected chi connectivity index (χ4v) is 4.45. The third-order valence-electron chi connectivity index (χ3n) is 3.92. The van der Waals surface area contributed by atoms with Crippen LogP contribution < -0.4 is 0 Å². The summed E-state index contributed by atoms with van der Waals surface area (Å²) >= 11 is 3.06. The number of hydrogen-bond acceptors (Lipinski definition) is 5. The van der Waals surface area contributed by atoms with E-state index >= 15 is 0 Å². The molecule has 112 valence electrons. The fraction of sp³-hybridized carbons (Fsp3) is 0.467. The van der Waals surface area contributed by atoms with Crippen LogP contribution in [0.25, 0.3) is 9.88 Å². The highest BCUT2D eigenvalue weighted by Crippen LogP contribution is 2.30. The molecule has 3 rings (SSSR count). The van der Waals surface area contributed by atoms with Gasteiger partial charge in [-0.1, -0.05) is 12.5 Å². The molecule has 1 N–H and O–H groups in total. The summed E-state index contributed by atoms with van der Waals surface area (Å²) in [6.45, 7) is 0.617. The molecule has 2 aromatic heterocycles. The molecule has 2 aromatic rings. The molecule has 21 heavy (non-hydrogen) atoms. The van der Waals surface area contributed by atoms with E-state index in [-0.39, 0.29) is 17.9 Å². The Morgan fingerprint density at radius 3 is 3.05 bits per heavy atom. The zero-order chi connectivity index (χ0) is 14.8. The molecule has 1 amide bonds. The quantitative estimate of drug-likeness (QED) is 0.941. The van der Waals surface area contributed by atoms with Gasteiger partial charge in [-0.05, 0) is 24.3 Å². The van der Waals surface area contributed by atoms with Crippen molar-refractivity contribution in [2.24, 2.45) is 5.92 Å². The smallest absolute Gasteiger partial charge is 0.265 e. The lowest BCUT2D eigenvalue weighted by molar-refractivity contribution is 0.0697. The molecule has 1 fully saturated rings. The predicted octanol–water partition coefficient (Wildman–Crippen LogP) is 3.10. The number of hydrogen-bond donors (Lipinski definition) is 1. The second-order valence-corrected chi connectivity index (χ2v) is 7.43. The Hall–Kier alpha value is -1.24. The molecule has 2 atom stereocenters. The molecule has 0 spiro atoms. The summed E-state index contributed by atoms with van der Waals surface area (Å²) < 4.78 is 0. The molecule has 0 aromatic carbocycles. The van der Waals surface area contributed by atoms with Crippen LogP contribution in [0.5, 0.6) is 0 Å². The summed E-state index contributed by atoms with van der Waals surface area (Å²) in [6.07, 6.45) is 4.31. The van der Waals surface area contributed by atoms with Crippen LogP contribution in [-0.2, 0) is 0 Å². The molecule has 0 unspecified atom stereocenters. The van der Waals surface area contributed by atoms with Crippen LogP contribution in [0.4, 0.5) is 0 Å². The van der Waals surface area contributed by atoms with Crippen molar-refractivity contribution in [1.82, 2.24) is 9.88 Å². The molecular formula is C15H18N2O2S2. The van der Waals surface area contributed by atoms with Crippen molar-refractivity contribution in [2.75, 3.05) is 13.6 Å². The number of aliphatic hydroxyl groups is 1. The minimum atomic E-state index is -0.261. The highest BCUT2D eigenvalue weighted by atomic mass is 32.1. The first-order valence-corrected chi connectivity index (χ1v) is 8.78. The van der Waals surface area contributed by atoms with E-state index in [1.807, 2.05) is 17.5 Å². The zero-order valence-corrected chi connectivity index (χ0v) is 13.5. The van der Waals surface area contributed by atoms with Gasteiger partial charge in [0, 0.05) is 19.5 Å². The summed E-state index contributed by atoms with van der Waals surface area (Å²) in [7, 11) is 1.80. The van der Waals surface area contributed by atoms with Crippen molar-refractivity contribution in [1.29, 1.82) is 0 Å². The van der Waals surface area contributed by atoms with Gasteiger partial charge in [-0.3, -0.25) is 4.79 Å². The summed E-state index contributed by atoms with van der Waals surface area (Å²) in [5.41, 5.74) is 0. The lowest BCUT2D eigenvalue weighted by Gasteiger charge is -2.22. The Morgan fingerprint density at radius 2 is 2.38 bits per heavy atom. The van der Waals surface area contributed by atoms with Gasteiger partial charge in [-0.15, -0.1) is 22.7 Å². The fourth-order valence-electron chi connectivity index (χ4n) is 2.74. The van der Waals surface area contributed by atoms with E-state index in [1.165, 1.54) is 11.3 Å². The largest absolute Gasteiger partial charge is 0.393 e. The number of rotatable bonds is 4. The van der Waals surface area contributed by atoms with Crippen LogP contribution in [0.3, 0.4) is 0 Å². The molecule has 4 nitrogen and oxygen atoms in total. The van der Waals surface area contributed by atoms with E-state index in [2.05, 4.69) is 4.98 Å². The average Bonchev–Trinajstić information content (AvgIpc) is 3.18. The molecule has 0 aliphatic heterocycles. The lowest BCUT2D eigenvalue weighted by atomic mass is 10.1. The maximum atomic E-state index is 12.4. The monoisotopic (exact) mass is 322 g/mol. The van der Waals surface area contributed by atoms with E-state index in [0.29, 0.717) is 11.4 Å². The summed E-state index contributed by atoms with van der Waals surface area (Å²) in [4.78, 5) is 20.2. The minimum Gasteiger partial charge on any atom is -0.393 e. The molecule has 0 radical (unpaired) electrons. The van der Waals surface area contributed by atoms with E-state index < -0.39 is 0 Å². The van der Waals surface area contributed by atoms with Gasteiger partial charge < -0.3 is 10.0 Å². The van der Waals surface area contributed by atoms with Gasteiger partial charge in [0.15, 0.2) is 0 Å². The average molecular weight is 322 g/mol. The van der Waals surface area contributed by atoms with Gasteiger partial charge in [0.25, 0.3) is 5.91 Å². The molecule has 1 aliphatic carbocycles. The van der Waals surface area contributed by atoms with Crippen molar-refractivity contribution in [3.8, 4) is 9.88 Å². The van der Waals surface area contributed by atoms with Crippen molar-refractivity contribution >= 4 is 28.6 Å². The first-order valence-electron chi connectivity index (χ1n) is 7.08. The summed E-state index contributed by atoms with van der Waals surface area (Å²) in [6, 6.07) is 3.99. The van der Waals surface area contributed by atoms with Crippen molar-refractivity contribution in [2.45, 2.75) is 25.4 Å². The minimum absolute atomic E-state index is 0.00518. The van der Waals surface area contributed by atoms with Gasteiger partial charge in [0.2, 0.25) is 0 Å². The molecule has 2 heterocycles. The molecule has 0 saturated heterocycles. The van der Waals surface area contributed by atoms with Crippen LogP contribution >= 0.6 is 22.7 Å². The van der Waals surface area contributed by atoms with Gasteiger partial charge >= 0.3 is 0 Å². The van der Waals surface area contributed by atoms with E-state index in [4.69, 9.17) is 0 Å². The van der Waals surface area contributed by atoms with Crippen LogP contribution in [0.1, 0.15) is 28.9 Å². The number of amides is 1. The van der Waals surface area contributed by atoms with Crippen molar-refractivity contribution in [3.63, 3.8) is 0 Å².